The van der Waals surface area contributed by atoms with Gasteiger partial charge in [-0.2, -0.15) is 10.2 Å². The van der Waals surface area contributed by atoms with Crippen LogP contribution in [-0.2, 0) is 9.53 Å². The van der Waals surface area contributed by atoms with E-state index in [4.69, 9.17) is 15.3 Å². The summed E-state index contributed by atoms with van der Waals surface area (Å²) in [5, 5.41) is 9.59. The third kappa shape index (κ3) is 8.13. The molecule has 0 saturated heterocycles. The number of carbonyl (C=O) groups is 2. The van der Waals surface area contributed by atoms with Crippen molar-refractivity contribution in [1.29, 1.82) is 0 Å². The van der Waals surface area contributed by atoms with Gasteiger partial charge in [0.25, 0.3) is 5.91 Å². The molecule has 0 bridgehead atoms. The minimum absolute atomic E-state index is 0.160. The molecule has 40 heavy (non-hydrogen) atoms. The maximum Gasteiger partial charge on any atom is 0.311 e. The molecule has 2 N–H and O–H groups in total. The van der Waals surface area contributed by atoms with Crippen molar-refractivity contribution >= 4 is 34.6 Å². The van der Waals surface area contributed by atoms with E-state index in [2.05, 4.69) is 17.2 Å². The van der Waals surface area contributed by atoms with Crippen molar-refractivity contribution in [3.8, 4) is 5.75 Å². The average molecular weight is 546 g/mol. The first-order valence-corrected chi connectivity index (χ1v) is 13.4. The van der Waals surface area contributed by atoms with Crippen LogP contribution in [0.3, 0.4) is 0 Å². The Hall–Kier alpha value is -4.24. The fourth-order valence-electron chi connectivity index (χ4n) is 4.01. The van der Waals surface area contributed by atoms with Crippen LogP contribution in [0.25, 0.3) is 0 Å². The normalized spacial score (nSPS) is 12.6. The maximum absolute atomic E-state index is 12.9. The van der Waals surface area contributed by atoms with E-state index in [0.717, 1.165) is 35.6 Å². The fraction of sp³-hybridized carbons (Fsp3) is 0.355. The molecule has 212 valence electrons. The lowest BCUT2D eigenvalue weighted by molar-refractivity contribution is -0.156. The molecular weight excluding hydrogens is 506 g/mol. The van der Waals surface area contributed by atoms with Crippen LogP contribution in [0.1, 0.15) is 50.4 Å². The molecule has 3 aromatic carbocycles. The van der Waals surface area contributed by atoms with Gasteiger partial charge in [-0.3, -0.25) is 9.59 Å². The number of amides is 1. The molecule has 1 unspecified atom stereocenters. The van der Waals surface area contributed by atoms with Gasteiger partial charge in [-0.1, -0.05) is 20.3 Å². The van der Waals surface area contributed by atoms with Gasteiger partial charge in [-0.15, -0.1) is 0 Å². The van der Waals surface area contributed by atoms with Crippen LogP contribution in [0, 0.1) is 5.41 Å². The SMILES string of the molecule is CCCC(C)(CC)C(=O)OCCOc1ccc(C(=O)N(N)c2ccc(N=Nc3ccc(N(C)C)cc3)cc2)cc1. The molecule has 0 aliphatic heterocycles. The number of hydrazine groups is 1. The van der Waals surface area contributed by atoms with Gasteiger partial charge >= 0.3 is 5.97 Å². The standard InChI is InChI=1S/C31H39N5O4/c1-6-20-31(3,7-2)30(38)40-22-21-39-28-18-8-23(9-19-28)29(37)36(32)27-16-12-25(13-17-27)34-33-24-10-14-26(15-11-24)35(4)5/h8-19H,6-7,20-22,32H2,1-5H3. The Bertz CT molecular complexity index is 1270. The number of nitrogens with zero attached hydrogens (tertiary/aromatic N) is 4. The zero-order chi connectivity index (χ0) is 29.1. The highest BCUT2D eigenvalue weighted by Gasteiger charge is 2.31. The van der Waals surface area contributed by atoms with Crippen molar-refractivity contribution in [3.05, 3.63) is 78.4 Å². The van der Waals surface area contributed by atoms with Crippen molar-refractivity contribution in [2.75, 3.05) is 37.2 Å². The van der Waals surface area contributed by atoms with Crippen LogP contribution >= 0.6 is 0 Å². The zero-order valence-corrected chi connectivity index (χ0v) is 24.0. The Morgan fingerprint density at radius 3 is 1.88 bits per heavy atom. The topological polar surface area (TPSA) is 110 Å². The van der Waals surface area contributed by atoms with E-state index in [0.29, 0.717) is 22.7 Å². The monoisotopic (exact) mass is 545 g/mol. The van der Waals surface area contributed by atoms with Gasteiger partial charge in [0, 0.05) is 25.3 Å². The number of nitrogens with two attached hydrogens (primary N) is 1. The second kappa shape index (κ2) is 14.2. The summed E-state index contributed by atoms with van der Waals surface area (Å²) in [7, 11) is 3.96. The largest absolute Gasteiger partial charge is 0.490 e. The van der Waals surface area contributed by atoms with Gasteiger partial charge < -0.3 is 14.4 Å². The van der Waals surface area contributed by atoms with Crippen LogP contribution in [-0.4, -0.2) is 39.2 Å². The fourth-order valence-corrected chi connectivity index (χ4v) is 4.01. The number of hydrogen-bond acceptors (Lipinski definition) is 8. The molecule has 0 fully saturated rings. The number of hydrogen-bond donors (Lipinski definition) is 1. The summed E-state index contributed by atoms with van der Waals surface area (Å²) in [5.41, 5.74) is 2.92. The van der Waals surface area contributed by atoms with Crippen LogP contribution < -0.4 is 20.5 Å². The molecule has 9 heteroatoms. The van der Waals surface area contributed by atoms with Crippen molar-refractivity contribution in [3.63, 3.8) is 0 Å². The first kappa shape index (κ1) is 30.3. The summed E-state index contributed by atoms with van der Waals surface area (Å²) in [6.45, 7) is 6.36. The number of azo groups is 1. The van der Waals surface area contributed by atoms with Gasteiger partial charge in [-0.25, -0.2) is 10.9 Å². The molecule has 0 radical (unpaired) electrons. The smallest absolute Gasteiger partial charge is 0.311 e. The lowest BCUT2D eigenvalue weighted by Crippen LogP contribution is -2.37. The van der Waals surface area contributed by atoms with Crippen LogP contribution in [0.2, 0.25) is 0 Å². The van der Waals surface area contributed by atoms with E-state index in [9.17, 15) is 9.59 Å². The van der Waals surface area contributed by atoms with Crippen LogP contribution in [0.4, 0.5) is 22.7 Å². The molecule has 0 aliphatic rings. The van der Waals surface area contributed by atoms with E-state index >= 15 is 0 Å². The van der Waals surface area contributed by atoms with E-state index in [1.807, 2.05) is 57.1 Å². The predicted molar refractivity (Wildman–Crippen MR) is 159 cm³/mol. The van der Waals surface area contributed by atoms with Crippen molar-refractivity contribution in [1.82, 2.24) is 0 Å². The Balaban J connectivity index is 1.50. The van der Waals surface area contributed by atoms with Gasteiger partial charge in [-0.05, 0) is 92.6 Å². The minimum Gasteiger partial charge on any atom is -0.490 e. The van der Waals surface area contributed by atoms with Crippen LogP contribution in [0.15, 0.2) is 83.0 Å². The van der Waals surface area contributed by atoms with E-state index < -0.39 is 5.41 Å². The molecule has 1 amide bonds. The Morgan fingerprint density at radius 1 is 0.825 bits per heavy atom. The zero-order valence-electron chi connectivity index (χ0n) is 24.0. The number of rotatable bonds is 13. The summed E-state index contributed by atoms with van der Waals surface area (Å²) in [6.07, 6.45) is 2.44. The molecule has 9 nitrogen and oxygen atoms in total. The highest BCUT2D eigenvalue weighted by molar-refractivity contribution is 6.05. The second-order valence-electron chi connectivity index (χ2n) is 9.98. The summed E-state index contributed by atoms with van der Waals surface area (Å²) in [6, 6.07) is 21.3. The molecule has 0 saturated carbocycles. The van der Waals surface area contributed by atoms with E-state index in [1.165, 1.54) is 0 Å². The van der Waals surface area contributed by atoms with Gasteiger partial charge in [0.05, 0.1) is 22.5 Å². The van der Waals surface area contributed by atoms with E-state index in [1.54, 1.807) is 48.5 Å². The summed E-state index contributed by atoms with van der Waals surface area (Å²) < 4.78 is 11.1. The van der Waals surface area contributed by atoms with Crippen molar-refractivity contribution < 1.29 is 19.1 Å². The maximum atomic E-state index is 12.9. The number of anilines is 2. The third-order valence-corrected chi connectivity index (χ3v) is 6.76. The molecule has 3 aromatic rings. The van der Waals surface area contributed by atoms with Gasteiger partial charge in [0.15, 0.2) is 0 Å². The molecular formula is C31H39N5O4. The van der Waals surface area contributed by atoms with E-state index in [-0.39, 0.29) is 25.1 Å². The first-order chi connectivity index (χ1) is 19.2. The summed E-state index contributed by atoms with van der Waals surface area (Å²) >= 11 is 0. The van der Waals surface area contributed by atoms with Gasteiger partial charge in [0.2, 0.25) is 0 Å². The lowest BCUT2D eigenvalue weighted by atomic mass is 9.83. The highest BCUT2D eigenvalue weighted by atomic mass is 16.6. The second-order valence-corrected chi connectivity index (χ2v) is 9.98. The number of esters is 1. The Kier molecular flexibility index (Phi) is 10.8. The number of carbonyl (C=O) groups excluding carboxylic acids is 2. The Morgan fingerprint density at radius 2 is 1.38 bits per heavy atom. The molecule has 0 aliphatic carbocycles. The molecule has 0 aromatic heterocycles. The van der Waals surface area contributed by atoms with Crippen LogP contribution in [0.5, 0.6) is 5.75 Å². The summed E-state index contributed by atoms with van der Waals surface area (Å²) in [4.78, 5) is 27.3. The molecule has 0 spiro atoms. The minimum atomic E-state index is -0.464. The number of ether oxygens (including phenoxy) is 2. The van der Waals surface area contributed by atoms with Gasteiger partial charge in [0.1, 0.15) is 19.0 Å². The highest BCUT2D eigenvalue weighted by Crippen LogP contribution is 2.29. The van der Waals surface area contributed by atoms with Crippen molar-refractivity contribution in [2.24, 2.45) is 21.5 Å². The average Bonchev–Trinajstić information content (AvgIpc) is 2.98. The first-order valence-electron chi connectivity index (χ1n) is 13.4. The predicted octanol–water partition coefficient (Wildman–Crippen LogP) is 6.83. The quantitative estimate of drug-likeness (QED) is 0.0630. The lowest BCUT2D eigenvalue weighted by Gasteiger charge is -2.25. The molecule has 1 atom stereocenters. The Labute approximate surface area is 236 Å². The number of benzene rings is 3. The molecule has 0 heterocycles. The third-order valence-electron chi connectivity index (χ3n) is 6.76. The molecule has 3 rings (SSSR count). The summed E-state index contributed by atoms with van der Waals surface area (Å²) in [5.74, 6) is 6.10. The van der Waals surface area contributed by atoms with Crippen molar-refractivity contribution in [2.45, 2.75) is 40.0 Å².